The highest BCUT2D eigenvalue weighted by Gasteiger charge is 2.07. The van der Waals surface area contributed by atoms with E-state index in [2.05, 4.69) is 64.2 Å². The summed E-state index contributed by atoms with van der Waals surface area (Å²) in [6.45, 7) is 12.7. The van der Waals surface area contributed by atoms with Gasteiger partial charge in [0.2, 0.25) is 0 Å². The number of ether oxygens (including phenoxy) is 1. The van der Waals surface area contributed by atoms with Crippen molar-refractivity contribution in [3.05, 3.63) is 35.4 Å². The Bertz CT molecular complexity index is 364. The standard InChI is InChI=1S/C18H31NO/c1-6-7-15(2)20-14-17-10-8-16(9-11-17)12-13-19-18(3,4)5/h8-11,15,19H,6-7,12-14H2,1-5H3. The monoisotopic (exact) mass is 277 g/mol. The number of rotatable bonds is 8. The zero-order valence-electron chi connectivity index (χ0n) is 13.8. The Morgan fingerprint density at radius 3 is 2.25 bits per heavy atom. The van der Waals surface area contributed by atoms with Crippen LogP contribution in [-0.4, -0.2) is 18.2 Å². The van der Waals surface area contributed by atoms with E-state index in [4.69, 9.17) is 4.74 Å². The van der Waals surface area contributed by atoms with Gasteiger partial charge in [0, 0.05) is 5.54 Å². The van der Waals surface area contributed by atoms with E-state index in [9.17, 15) is 0 Å². The van der Waals surface area contributed by atoms with Gasteiger partial charge in [0.1, 0.15) is 0 Å². The van der Waals surface area contributed by atoms with Crippen molar-refractivity contribution in [1.29, 1.82) is 0 Å². The van der Waals surface area contributed by atoms with Crippen LogP contribution in [0.25, 0.3) is 0 Å². The molecule has 0 aromatic heterocycles. The molecule has 0 aliphatic carbocycles. The average Bonchev–Trinajstić information content (AvgIpc) is 2.37. The Morgan fingerprint density at radius 2 is 1.70 bits per heavy atom. The van der Waals surface area contributed by atoms with Crippen molar-refractivity contribution in [3.63, 3.8) is 0 Å². The van der Waals surface area contributed by atoms with Gasteiger partial charge < -0.3 is 10.1 Å². The van der Waals surface area contributed by atoms with Crippen molar-refractivity contribution < 1.29 is 4.74 Å². The van der Waals surface area contributed by atoms with Crippen LogP contribution in [0.3, 0.4) is 0 Å². The van der Waals surface area contributed by atoms with Gasteiger partial charge in [-0.3, -0.25) is 0 Å². The molecule has 1 unspecified atom stereocenters. The quantitative estimate of drug-likeness (QED) is 0.764. The maximum absolute atomic E-state index is 5.82. The van der Waals surface area contributed by atoms with Gasteiger partial charge in [0.25, 0.3) is 0 Å². The molecule has 0 saturated heterocycles. The van der Waals surface area contributed by atoms with Gasteiger partial charge in [-0.1, -0.05) is 37.6 Å². The SMILES string of the molecule is CCCC(C)OCc1ccc(CCNC(C)(C)C)cc1. The molecule has 0 amide bonds. The van der Waals surface area contributed by atoms with Crippen LogP contribution in [0.1, 0.15) is 58.6 Å². The summed E-state index contributed by atoms with van der Waals surface area (Å²) in [7, 11) is 0. The van der Waals surface area contributed by atoms with E-state index in [1.54, 1.807) is 0 Å². The molecule has 2 nitrogen and oxygen atoms in total. The zero-order valence-corrected chi connectivity index (χ0v) is 13.8. The zero-order chi connectivity index (χ0) is 15.0. The molecule has 0 saturated carbocycles. The molecule has 1 N–H and O–H groups in total. The van der Waals surface area contributed by atoms with Gasteiger partial charge >= 0.3 is 0 Å². The lowest BCUT2D eigenvalue weighted by Crippen LogP contribution is -2.37. The number of hydrogen-bond donors (Lipinski definition) is 1. The number of nitrogens with one attached hydrogen (secondary N) is 1. The largest absolute Gasteiger partial charge is 0.374 e. The minimum absolute atomic E-state index is 0.198. The number of hydrogen-bond acceptors (Lipinski definition) is 2. The van der Waals surface area contributed by atoms with Gasteiger partial charge in [-0.2, -0.15) is 0 Å². The van der Waals surface area contributed by atoms with Crippen molar-refractivity contribution in [2.24, 2.45) is 0 Å². The second-order valence-electron chi connectivity index (χ2n) is 6.65. The lowest BCUT2D eigenvalue weighted by molar-refractivity contribution is 0.0472. The van der Waals surface area contributed by atoms with E-state index in [-0.39, 0.29) is 5.54 Å². The fourth-order valence-corrected chi connectivity index (χ4v) is 2.11. The van der Waals surface area contributed by atoms with Crippen LogP contribution in [0.2, 0.25) is 0 Å². The van der Waals surface area contributed by atoms with Crippen LogP contribution >= 0.6 is 0 Å². The first-order chi connectivity index (χ1) is 9.40. The normalized spacial score (nSPS) is 13.4. The summed E-state index contributed by atoms with van der Waals surface area (Å²) in [6, 6.07) is 8.80. The highest BCUT2D eigenvalue weighted by Crippen LogP contribution is 2.10. The molecule has 20 heavy (non-hydrogen) atoms. The molecular weight excluding hydrogens is 246 g/mol. The van der Waals surface area contributed by atoms with E-state index in [0.29, 0.717) is 6.10 Å². The summed E-state index contributed by atoms with van der Waals surface area (Å²) >= 11 is 0. The minimum Gasteiger partial charge on any atom is -0.374 e. The number of benzene rings is 1. The first-order valence-corrected chi connectivity index (χ1v) is 7.85. The molecule has 0 heterocycles. The van der Waals surface area contributed by atoms with Crippen molar-refractivity contribution in [1.82, 2.24) is 5.32 Å². The molecule has 0 spiro atoms. The minimum atomic E-state index is 0.198. The Hall–Kier alpha value is -0.860. The van der Waals surface area contributed by atoms with Crippen LogP contribution in [-0.2, 0) is 17.8 Å². The van der Waals surface area contributed by atoms with Crippen LogP contribution in [0.4, 0.5) is 0 Å². The van der Waals surface area contributed by atoms with E-state index >= 15 is 0 Å². The topological polar surface area (TPSA) is 21.3 Å². The second kappa shape index (κ2) is 8.43. The summed E-state index contributed by atoms with van der Waals surface area (Å²) in [5.41, 5.74) is 2.84. The molecule has 2 heteroatoms. The summed E-state index contributed by atoms with van der Waals surface area (Å²) in [6.07, 6.45) is 3.75. The molecule has 0 aliphatic heterocycles. The van der Waals surface area contributed by atoms with Gasteiger partial charge in [0.05, 0.1) is 12.7 Å². The van der Waals surface area contributed by atoms with E-state index < -0.39 is 0 Å². The molecule has 0 fully saturated rings. The highest BCUT2D eigenvalue weighted by atomic mass is 16.5. The van der Waals surface area contributed by atoms with Crippen LogP contribution < -0.4 is 5.32 Å². The second-order valence-corrected chi connectivity index (χ2v) is 6.65. The molecule has 1 aromatic rings. The van der Waals surface area contributed by atoms with E-state index in [1.165, 1.54) is 17.5 Å². The summed E-state index contributed by atoms with van der Waals surface area (Å²) in [5.74, 6) is 0. The molecule has 1 atom stereocenters. The highest BCUT2D eigenvalue weighted by molar-refractivity contribution is 5.22. The van der Waals surface area contributed by atoms with Gasteiger partial charge in [-0.15, -0.1) is 0 Å². The maximum Gasteiger partial charge on any atom is 0.0720 e. The third-order valence-corrected chi connectivity index (χ3v) is 3.32. The van der Waals surface area contributed by atoms with Crippen LogP contribution in [0.5, 0.6) is 0 Å². The summed E-state index contributed by atoms with van der Waals surface area (Å²) in [4.78, 5) is 0. The molecule has 1 aromatic carbocycles. The fraction of sp³-hybridized carbons (Fsp3) is 0.667. The van der Waals surface area contributed by atoms with Crippen molar-refractivity contribution in [2.75, 3.05) is 6.54 Å². The molecule has 0 bridgehead atoms. The Kier molecular flexibility index (Phi) is 7.25. The molecular formula is C18H31NO. The third kappa shape index (κ3) is 7.66. The van der Waals surface area contributed by atoms with Crippen molar-refractivity contribution in [2.45, 2.75) is 72.1 Å². The van der Waals surface area contributed by atoms with Gasteiger partial charge in [-0.05, 0) is 58.2 Å². The predicted molar refractivity (Wildman–Crippen MR) is 87.1 cm³/mol. The van der Waals surface area contributed by atoms with E-state index in [1.807, 2.05) is 0 Å². The fourth-order valence-electron chi connectivity index (χ4n) is 2.11. The predicted octanol–water partition coefficient (Wildman–Crippen LogP) is 4.32. The Labute approximate surface area is 124 Å². The third-order valence-electron chi connectivity index (χ3n) is 3.32. The average molecular weight is 277 g/mol. The Balaban J connectivity index is 2.33. The van der Waals surface area contributed by atoms with Crippen LogP contribution in [0.15, 0.2) is 24.3 Å². The first-order valence-electron chi connectivity index (χ1n) is 7.85. The van der Waals surface area contributed by atoms with E-state index in [0.717, 1.165) is 26.0 Å². The molecule has 114 valence electrons. The Morgan fingerprint density at radius 1 is 1.10 bits per heavy atom. The molecule has 1 rings (SSSR count). The molecule has 0 radical (unpaired) electrons. The smallest absolute Gasteiger partial charge is 0.0720 e. The lowest BCUT2D eigenvalue weighted by Gasteiger charge is -2.20. The van der Waals surface area contributed by atoms with Gasteiger partial charge in [-0.25, -0.2) is 0 Å². The summed E-state index contributed by atoms with van der Waals surface area (Å²) in [5, 5.41) is 3.51. The van der Waals surface area contributed by atoms with Crippen LogP contribution in [0, 0.1) is 0 Å². The molecule has 0 aliphatic rings. The van der Waals surface area contributed by atoms with Crippen molar-refractivity contribution in [3.8, 4) is 0 Å². The first kappa shape index (κ1) is 17.2. The van der Waals surface area contributed by atoms with Gasteiger partial charge in [0.15, 0.2) is 0 Å². The van der Waals surface area contributed by atoms with Crippen molar-refractivity contribution >= 4 is 0 Å². The maximum atomic E-state index is 5.82. The lowest BCUT2D eigenvalue weighted by atomic mass is 10.1. The summed E-state index contributed by atoms with van der Waals surface area (Å²) < 4.78 is 5.82.